The van der Waals surface area contributed by atoms with Crippen molar-refractivity contribution >= 4 is 17.5 Å². The molecular weight excluding hydrogens is 182 g/mol. The normalized spacial score (nSPS) is 17.0. The summed E-state index contributed by atoms with van der Waals surface area (Å²) >= 11 is 0. The fraction of sp³-hybridized carbons (Fsp3) is 0.500. The molecule has 0 atom stereocenters. The topological polar surface area (TPSA) is 90.3 Å². The molecule has 0 unspecified atom stereocenters. The zero-order valence-electron chi connectivity index (χ0n) is 7.81. The fourth-order valence-corrected chi connectivity index (χ4v) is 1.31. The predicted molar refractivity (Wildman–Crippen MR) is 53.9 cm³/mol. The van der Waals surface area contributed by atoms with Crippen LogP contribution < -0.4 is 16.4 Å². The Bertz CT molecular complexity index is 324. The van der Waals surface area contributed by atoms with E-state index in [1.807, 2.05) is 4.90 Å². The molecule has 2 heterocycles. The predicted octanol–water partition coefficient (Wildman–Crippen LogP) is -0.522. The molecule has 1 fully saturated rings. The molecule has 14 heavy (non-hydrogen) atoms. The average molecular weight is 195 g/mol. The molecule has 0 amide bonds. The highest BCUT2D eigenvalue weighted by molar-refractivity contribution is 5.58. The van der Waals surface area contributed by atoms with Gasteiger partial charge in [-0.2, -0.15) is 4.98 Å². The van der Waals surface area contributed by atoms with Crippen molar-refractivity contribution in [2.24, 2.45) is 0 Å². The van der Waals surface area contributed by atoms with Crippen LogP contribution in [0.2, 0.25) is 0 Å². The summed E-state index contributed by atoms with van der Waals surface area (Å²) in [4.78, 5) is 10.3. The molecule has 0 aromatic carbocycles. The molecule has 0 aliphatic carbocycles. The highest BCUT2D eigenvalue weighted by Gasteiger charge is 2.14. The zero-order chi connectivity index (χ0) is 9.97. The molecule has 6 heteroatoms. The highest BCUT2D eigenvalue weighted by atomic mass is 16.5. The maximum Gasteiger partial charge on any atom is 0.227 e. The molecule has 76 valence electrons. The summed E-state index contributed by atoms with van der Waals surface area (Å²) < 4.78 is 5.22. The van der Waals surface area contributed by atoms with E-state index in [1.165, 1.54) is 6.20 Å². The van der Waals surface area contributed by atoms with Crippen LogP contribution in [-0.2, 0) is 4.74 Å². The van der Waals surface area contributed by atoms with E-state index in [9.17, 15) is 0 Å². The Kier molecular flexibility index (Phi) is 2.36. The van der Waals surface area contributed by atoms with Crippen molar-refractivity contribution in [2.75, 3.05) is 42.7 Å². The van der Waals surface area contributed by atoms with Gasteiger partial charge in [0.25, 0.3) is 0 Å². The number of nitrogen functional groups attached to an aromatic ring is 2. The van der Waals surface area contributed by atoms with Crippen LogP contribution in [0.4, 0.5) is 17.5 Å². The number of nitrogens with two attached hydrogens (primary N) is 2. The molecule has 1 aliphatic heterocycles. The van der Waals surface area contributed by atoms with Gasteiger partial charge in [0.1, 0.15) is 0 Å². The van der Waals surface area contributed by atoms with Crippen molar-refractivity contribution < 1.29 is 4.74 Å². The SMILES string of the molecule is Nc1cnc(N2CCOCC2)nc1N. The minimum atomic E-state index is 0.335. The average Bonchev–Trinajstić information content (AvgIpc) is 2.23. The molecule has 0 radical (unpaired) electrons. The quantitative estimate of drug-likeness (QED) is 0.626. The Hall–Kier alpha value is -1.56. The maximum atomic E-state index is 5.59. The van der Waals surface area contributed by atoms with E-state index >= 15 is 0 Å². The Morgan fingerprint density at radius 1 is 1.29 bits per heavy atom. The Morgan fingerprint density at radius 3 is 2.64 bits per heavy atom. The standard InChI is InChI=1S/C8H13N5O/c9-6-5-11-8(12-7(6)10)13-1-3-14-4-2-13/h5H,1-4,9H2,(H2,10,11,12). The molecule has 2 rings (SSSR count). The lowest BCUT2D eigenvalue weighted by atomic mass is 10.4. The molecule has 6 nitrogen and oxygen atoms in total. The van der Waals surface area contributed by atoms with Crippen LogP contribution in [0.5, 0.6) is 0 Å². The van der Waals surface area contributed by atoms with Crippen molar-refractivity contribution in [3.05, 3.63) is 6.20 Å². The van der Waals surface area contributed by atoms with Gasteiger partial charge in [0.05, 0.1) is 25.1 Å². The van der Waals surface area contributed by atoms with Gasteiger partial charge in [-0.05, 0) is 0 Å². The molecule has 4 N–H and O–H groups in total. The Morgan fingerprint density at radius 2 is 2.00 bits per heavy atom. The van der Waals surface area contributed by atoms with Crippen LogP contribution in [0.1, 0.15) is 0 Å². The summed E-state index contributed by atoms with van der Waals surface area (Å²) in [6.07, 6.45) is 1.53. The third-order valence-corrected chi connectivity index (χ3v) is 2.13. The summed E-state index contributed by atoms with van der Waals surface area (Å²) in [6, 6.07) is 0. The van der Waals surface area contributed by atoms with Crippen LogP contribution in [0.15, 0.2) is 6.20 Å². The molecular formula is C8H13N5O. The van der Waals surface area contributed by atoms with Gasteiger partial charge < -0.3 is 21.1 Å². The van der Waals surface area contributed by atoms with Crippen molar-refractivity contribution in [1.29, 1.82) is 0 Å². The second kappa shape index (κ2) is 3.67. The lowest BCUT2D eigenvalue weighted by Gasteiger charge is -2.26. The second-order valence-electron chi connectivity index (χ2n) is 3.11. The fourth-order valence-electron chi connectivity index (χ4n) is 1.31. The van der Waals surface area contributed by atoms with Crippen molar-refractivity contribution in [1.82, 2.24) is 9.97 Å². The number of rotatable bonds is 1. The van der Waals surface area contributed by atoms with Gasteiger partial charge in [0, 0.05) is 13.1 Å². The van der Waals surface area contributed by atoms with Crippen molar-refractivity contribution in [3.63, 3.8) is 0 Å². The van der Waals surface area contributed by atoms with Crippen LogP contribution >= 0.6 is 0 Å². The van der Waals surface area contributed by atoms with E-state index in [1.54, 1.807) is 0 Å². The van der Waals surface area contributed by atoms with E-state index in [-0.39, 0.29) is 0 Å². The van der Waals surface area contributed by atoms with Crippen LogP contribution in [0, 0.1) is 0 Å². The third kappa shape index (κ3) is 1.69. The van der Waals surface area contributed by atoms with Crippen molar-refractivity contribution in [3.8, 4) is 0 Å². The van der Waals surface area contributed by atoms with Crippen LogP contribution in [0.3, 0.4) is 0 Å². The lowest BCUT2D eigenvalue weighted by Crippen LogP contribution is -2.37. The molecule has 0 spiro atoms. The number of nitrogens with zero attached hydrogens (tertiary/aromatic N) is 3. The summed E-state index contributed by atoms with van der Waals surface area (Å²) in [5.41, 5.74) is 11.5. The summed E-state index contributed by atoms with van der Waals surface area (Å²) in [7, 11) is 0. The largest absolute Gasteiger partial charge is 0.394 e. The zero-order valence-corrected chi connectivity index (χ0v) is 7.81. The van der Waals surface area contributed by atoms with E-state index in [4.69, 9.17) is 16.2 Å². The molecule has 1 aromatic heterocycles. The van der Waals surface area contributed by atoms with Gasteiger partial charge in [-0.3, -0.25) is 0 Å². The number of morpholine rings is 1. The minimum absolute atomic E-state index is 0.335. The van der Waals surface area contributed by atoms with Crippen molar-refractivity contribution in [2.45, 2.75) is 0 Å². The van der Waals surface area contributed by atoms with Crippen LogP contribution in [-0.4, -0.2) is 36.3 Å². The first-order valence-corrected chi connectivity index (χ1v) is 4.48. The Labute approximate surface area is 81.9 Å². The number of hydrogen-bond donors (Lipinski definition) is 2. The van der Waals surface area contributed by atoms with Gasteiger partial charge >= 0.3 is 0 Å². The van der Waals surface area contributed by atoms with E-state index in [0.717, 1.165) is 13.1 Å². The van der Waals surface area contributed by atoms with Gasteiger partial charge in [-0.25, -0.2) is 4.98 Å². The van der Waals surface area contributed by atoms with E-state index in [2.05, 4.69) is 9.97 Å². The summed E-state index contributed by atoms with van der Waals surface area (Å²) in [5.74, 6) is 0.960. The van der Waals surface area contributed by atoms with Gasteiger partial charge in [0.2, 0.25) is 5.95 Å². The first-order chi connectivity index (χ1) is 6.77. The molecule has 0 bridgehead atoms. The maximum absolute atomic E-state index is 5.59. The number of hydrogen-bond acceptors (Lipinski definition) is 6. The van der Waals surface area contributed by atoms with E-state index < -0.39 is 0 Å². The highest BCUT2D eigenvalue weighted by Crippen LogP contribution is 2.15. The first kappa shape index (κ1) is 9.01. The molecule has 0 saturated carbocycles. The number of ether oxygens (including phenoxy) is 1. The second-order valence-corrected chi connectivity index (χ2v) is 3.11. The van der Waals surface area contributed by atoms with Gasteiger partial charge in [-0.1, -0.05) is 0 Å². The summed E-state index contributed by atoms with van der Waals surface area (Å²) in [6.45, 7) is 2.99. The van der Waals surface area contributed by atoms with Crippen LogP contribution in [0.25, 0.3) is 0 Å². The minimum Gasteiger partial charge on any atom is -0.394 e. The number of anilines is 3. The van der Waals surface area contributed by atoms with E-state index in [0.29, 0.717) is 30.7 Å². The molecule has 1 saturated heterocycles. The monoisotopic (exact) mass is 195 g/mol. The smallest absolute Gasteiger partial charge is 0.227 e. The summed E-state index contributed by atoms with van der Waals surface area (Å²) in [5, 5.41) is 0. The van der Waals surface area contributed by atoms with Gasteiger partial charge in [0.15, 0.2) is 5.82 Å². The number of aromatic nitrogens is 2. The lowest BCUT2D eigenvalue weighted by molar-refractivity contribution is 0.122. The molecule has 1 aliphatic rings. The molecule has 1 aromatic rings. The first-order valence-electron chi connectivity index (χ1n) is 4.48. The third-order valence-electron chi connectivity index (χ3n) is 2.13. The van der Waals surface area contributed by atoms with Gasteiger partial charge in [-0.15, -0.1) is 0 Å². The Balaban J connectivity index is 2.18.